The van der Waals surface area contributed by atoms with Crippen LogP contribution < -0.4 is 5.32 Å². The van der Waals surface area contributed by atoms with E-state index in [1.54, 1.807) is 0 Å². The molecule has 3 heterocycles. The molecule has 1 unspecified atom stereocenters. The third kappa shape index (κ3) is 2.56. The molecule has 0 aliphatic carbocycles. The van der Waals surface area contributed by atoms with Gasteiger partial charge in [-0.1, -0.05) is 6.07 Å². The van der Waals surface area contributed by atoms with Gasteiger partial charge in [0.15, 0.2) is 0 Å². The zero-order valence-electron chi connectivity index (χ0n) is 10.8. The topological polar surface area (TPSA) is 86.7 Å². The molecule has 2 aliphatic rings. The smallest absolute Gasteiger partial charge is 0.352 e. The number of nitrogens with one attached hydrogen (secondary N) is 1. The molecule has 0 saturated carbocycles. The Morgan fingerprint density at radius 2 is 2.29 bits per heavy atom. The van der Waals surface area contributed by atoms with Crippen molar-refractivity contribution in [3.63, 3.8) is 0 Å². The Bertz CT molecular complexity index is 626. The SMILES string of the molecule is O=C(Cc1cccs1)NC1C(=O)N2C(C(=O)O)=CCS[C@@H]12. The minimum Gasteiger partial charge on any atom is -0.477 e. The number of carbonyl (C=O) groups excluding carboxylic acids is 2. The molecule has 1 aromatic rings. The number of carbonyl (C=O) groups is 3. The fourth-order valence-corrected chi connectivity index (χ4v) is 4.23. The normalized spacial score (nSPS) is 23.9. The molecule has 3 rings (SSSR count). The number of nitrogens with zero attached hydrogens (tertiary/aromatic N) is 1. The van der Waals surface area contributed by atoms with Crippen LogP contribution in [0.2, 0.25) is 0 Å². The minimum atomic E-state index is -1.11. The zero-order valence-corrected chi connectivity index (χ0v) is 12.4. The Kier molecular flexibility index (Phi) is 3.73. The predicted molar refractivity (Wildman–Crippen MR) is 78.8 cm³/mol. The van der Waals surface area contributed by atoms with E-state index < -0.39 is 12.0 Å². The second-order valence-electron chi connectivity index (χ2n) is 4.63. The number of hydrogen-bond donors (Lipinski definition) is 2. The van der Waals surface area contributed by atoms with Crippen molar-refractivity contribution < 1.29 is 19.5 Å². The molecule has 1 fully saturated rings. The van der Waals surface area contributed by atoms with Crippen LogP contribution in [0.1, 0.15) is 4.88 Å². The maximum absolute atomic E-state index is 12.0. The van der Waals surface area contributed by atoms with E-state index in [1.807, 2.05) is 17.5 Å². The van der Waals surface area contributed by atoms with Gasteiger partial charge in [-0.25, -0.2) is 4.79 Å². The number of hydrogen-bond acceptors (Lipinski definition) is 5. The molecule has 0 aromatic carbocycles. The highest BCUT2D eigenvalue weighted by atomic mass is 32.2. The standard InChI is InChI=1S/C13H12N2O4S2/c16-9(6-7-2-1-4-20-7)14-10-11(17)15-8(13(18)19)3-5-21-12(10)15/h1-4,10,12H,5-6H2,(H,14,16)(H,18,19)/t10?,12-/m0/s1. The van der Waals surface area contributed by atoms with Crippen LogP contribution in [0.25, 0.3) is 0 Å². The van der Waals surface area contributed by atoms with E-state index in [0.29, 0.717) is 5.75 Å². The molecular formula is C13H12N2O4S2. The van der Waals surface area contributed by atoms with E-state index >= 15 is 0 Å². The van der Waals surface area contributed by atoms with Crippen LogP contribution in [-0.4, -0.2) is 45.0 Å². The summed E-state index contributed by atoms with van der Waals surface area (Å²) >= 11 is 2.93. The molecule has 2 amide bonds. The summed E-state index contributed by atoms with van der Waals surface area (Å²) in [5.41, 5.74) is 0.00695. The number of thioether (sulfide) groups is 1. The average molecular weight is 324 g/mol. The maximum Gasteiger partial charge on any atom is 0.352 e. The second-order valence-corrected chi connectivity index (χ2v) is 6.81. The summed E-state index contributed by atoms with van der Waals surface area (Å²) in [5, 5.41) is 13.3. The molecule has 8 heteroatoms. The molecule has 0 spiro atoms. The van der Waals surface area contributed by atoms with Crippen LogP contribution >= 0.6 is 23.1 Å². The first-order chi connectivity index (χ1) is 10.1. The van der Waals surface area contributed by atoms with Crippen molar-refractivity contribution in [2.75, 3.05) is 5.75 Å². The summed E-state index contributed by atoms with van der Waals surface area (Å²) in [6, 6.07) is 3.09. The third-order valence-electron chi connectivity index (χ3n) is 3.30. The van der Waals surface area contributed by atoms with Crippen molar-refractivity contribution in [1.29, 1.82) is 0 Å². The quantitative estimate of drug-likeness (QED) is 0.795. The van der Waals surface area contributed by atoms with Gasteiger partial charge in [0.05, 0.1) is 6.42 Å². The van der Waals surface area contributed by atoms with E-state index in [9.17, 15) is 14.4 Å². The Balaban J connectivity index is 1.64. The van der Waals surface area contributed by atoms with Gasteiger partial charge in [0.1, 0.15) is 17.1 Å². The third-order valence-corrected chi connectivity index (χ3v) is 5.36. The lowest BCUT2D eigenvalue weighted by Crippen LogP contribution is -2.70. The van der Waals surface area contributed by atoms with E-state index in [1.165, 1.54) is 34.1 Å². The lowest BCUT2D eigenvalue weighted by Gasteiger charge is -2.48. The van der Waals surface area contributed by atoms with Crippen molar-refractivity contribution in [3.05, 3.63) is 34.2 Å². The van der Waals surface area contributed by atoms with Gasteiger partial charge < -0.3 is 10.4 Å². The van der Waals surface area contributed by atoms with Crippen molar-refractivity contribution >= 4 is 40.9 Å². The van der Waals surface area contributed by atoms with E-state index in [-0.39, 0.29) is 29.3 Å². The molecule has 0 bridgehead atoms. The number of β-lactam (4-membered cyclic amide) rings is 1. The molecule has 0 radical (unpaired) electrons. The number of amides is 2. The molecule has 6 nitrogen and oxygen atoms in total. The molecule has 110 valence electrons. The molecule has 2 atom stereocenters. The number of carboxylic acids is 1. The Morgan fingerprint density at radius 1 is 1.48 bits per heavy atom. The van der Waals surface area contributed by atoms with Gasteiger partial charge in [-0.3, -0.25) is 14.5 Å². The fourth-order valence-electron chi connectivity index (χ4n) is 2.33. The van der Waals surface area contributed by atoms with Crippen LogP contribution in [0.4, 0.5) is 0 Å². The second kappa shape index (κ2) is 5.53. The summed E-state index contributed by atoms with van der Waals surface area (Å²) in [4.78, 5) is 37.2. The van der Waals surface area contributed by atoms with Crippen LogP contribution in [0, 0.1) is 0 Å². The zero-order chi connectivity index (χ0) is 15.0. The van der Waals surface area contributed by atoms with Gasteiger partial charge in [0.2, 0.25) is 5.91 Å². The summed E-state index contributed by atoms with van der Waals surface area (Å²) in [6.07, 6.45) is 1.76. The molecule has 21 heavy (non-hydrogen) atoms. The number of fused-ring (bicyclic) bond motifs is 1. The number of thiophene rings is 1. The number of carboxylic acid groups (broad SMARTS) is 1. The van der Waals surface area contributed by atoms with Crippen LogP contribution in [0.3, 0.4) is 0 Å². The summed E-state index contributed by atoms with van der Waals surface area (Å²) in [6.45, 7) is 0. The Morgan fingerprint density at radius 3 is 2.95 bits per heavy atom. The van der Waals surface area contributed by atoms with E-state index in [2.05, 4.69) is 5.32 Å². The first-order valence-corrected chi connectivity index (χ1v) is 8.20. The van der Waals surface area contributed by atoms with Crippen LogP contribution in [0.5, 0.6) is 0 Å². The van der Waals surface area contributed by atoms with E-state index in [4.69, 9.17) is 5.11 Å². The minimum absolute atomic E-state index is 0.00695. The maximum atomic E-state index is 12.0. The average Bonchev–Trinajstić information content (AvgIpc) is 2.96. The van der Waals surface area contributed by atoms with Crippen molar-refractivity contribution in [2.45, 2.75) is 17.8 Å². The van der Waals surface area contributed by atoms with Crippen molar-refractivity contribution in [1.82, 2.24) is 10.2 Å². The van der Waals surface area contributed by atoms with Crippen LogP contribution in [0.15, 0.2) is 29.3 Å². The highest BCUT2D eigenvalue weighted by Crippen LogP contribution is 2.37. The highest BCUT2D eigenvalue weighted by Gasteiger charge is 2.52. The van der Waals surface area contributed by atoms with Gasteiger partial charge in [0.25, 0.3) is 5.91 Å². The summed E-state index contributed by atoms with van der Waals surface area (Å²) in [7, 11) is 0. The van der Waals surface area contributed by atoms with Gasteiger partial charge in [-0.15, -0.1) is 23.1 Å². The molecule has 1 aromatic heterocycles. The molecule has 2 aliphatic heterocycles. The molecule has 1 saturated heterocycles. The number of aliphatic carboxylic acids is 1. The first-order valence-electron chi connectivity index (χ1n) is 6.28. The van der Waals surface area contributed by atoms with Crippen molar-refractivity contribution in [2.24, 2.45) is 0 Å². The molecule has 2 N–H and O–H groups in total. The fraction of sp³-hybridized carbons (Fsp3) is 0.308. The highest BCUT2D eigenvalue weighted by molar-refractivity contribution is 8.00. The van der Waals surface area contributed by atoms with Gasteiger partial charge in [0, 0.05) is 10.6 Å². The van der Waals surface area contributed by atoms with Crippen molar-refractivity contribution in [3.8, 4) is 0 Å². The number of rotatable bonds is 4. The van der Waals surface area contributed by atoms with Gasteiger partial charge >= 0.3 is 5.97 Å². The Hall–Kier alpha value is -1.80. The Labute approximate surface area is 128 Å². The largest absolute Gasteiger partial charge is 0.477 e. The lowest BCUT2D eigenvalue weighted by molar-refractivity contribution is -0.150. The summed E-state index contributed by atoms with van der Waals surface area (Å²) < 4.78 is 0. The first kappa shape index (κ1) is 14.2. The van der Waals surface area contributed by atoms with Gasteiger partial charge in [-0.2, -0.15) is 0 Å². The summed E-state index contributed by atoms with van der Waals surface area (Å²) in [5.74, 6) is -1.17. The lowest BCUT2D eigenvalue weighted by atomic mass is 10.0. The van der Waals surface area contributed by atoms with Gasteiger partial charge in [-0.05, 0) is 17.5 Å². The van der Waals surface area contributed by atoms with Crippen LogP contribution in [-0.2, 0) is 20.8 Å². The molecular weight excluding hydrogens is 312 g/mol. The van der Waals surface area contributed by atoms with E-state index in [0.717, 1.165) is 4.88 Å². The monoisotopic (exact) mass is 324 g/mol. The predicted octanol–water partition coefficient (Wildman–Crippen LogP) is 0.659.